The Morgan fingerprint density at radius 2 is 1.39 bits per heavy atom. The fraction of sp³-hybridized carbons (Fsp3) is 0.263. The van der Waals surface area contributed by atoms with Crippen LogP contribution in [0.4, 0.5) is 0 Å². The average Bonchev–Trinajstić information content (AvgIpc) is 2.61. The van der Waals surface area contributed by atoms with Crippen LogP contribution in [-0.4, -0.2) is 28.4 Å². The van der Waals surface area contributed by atoms with Crippen molar-refractivity contribution in [3.05, 3.63) is 53.6 Å². The molecule has 0 aliphatic heterocycles. The molecule has 122 valence electrons. The van der Waals surface area contributed by atoms with Crippen molar-refractivity contribution >= 4 is 6.08 Å². The lowest BCUT2D eigenvalue weighted by Crippen LogP contribution is -1.95. The predicted molar refractivity (Wildman–Crippen MR) is 91.8 cm³/mol. The third kappa shape index (κ3) is 4.19. The second-order valence-electron chi connectivity index (χ2n) is 4.91. The second kappa shape index (κ2) is 8.13. The summed E-state index contributed by atoms with van der Waals surface area (Å²) < 4.78 is 21.2. The van der Waals surface area contributed by atoms with Crippen molar-refractivity contribution in [2.24, 2.45) is 0 Å². The smallest absolute Gasteiger partial charge is 0.203 e. The van der Waals surface area contributed by atoms with Gasteiger partial charge in [0, 0.05) is 0 Å². The van der Waals surface area contributed by atoms with E-state index in [0.29, 0.717) is 17.2 Å². The molecule has 4 heteroatoms. The molecule has 2 aromatic carbocycles. The van der Waals surface area contributed by atoms with Gasteiger partial charge in [0.05, 0.1) is 28.4 Å². The highest BCUT2D eigenvalue weighted by Gasteiger charge is 2.11. The van der Waals surface area contributed by atoms with E-state index in [4.69, 9.17) is 18.9 Å². The van der Waals surface area contributed by atoms with Gasteiger partial charge in [-0.3, -0.25) is 0 Å². The molecule has 2 aromatic rings. The van der Waals surface area contributed by atoms with Gasteiger partial charge in [0.1, 0.15) is 5.75 Å². The topological polar surface area (TPSA) is 36.9 Å². The highest BCUT2D eigenvalue weighted by molar-refractivity contribution is 5.62. The number of hydrogen-bond acceptors (Lipinski definition) is 4. The van der Waals surface area contributed by atoms with Crippen molar-refractivity contribution in [3.8, 4) is 23.0 Å². The zero-order chi connectivity index (χ0) is 16.7. The van der Waals surface area contributed by atoms with E-state index in [1.165, 1.54) is 5.56 Å². The molecule has 0 amide bonds. The van der Waals surface area contributed by atoms with E-state index in [1.54, 1.807) is 28.4 Å². The van der Waals surface area contributed by atoms with Crippen LogP contribution >= 0.6 is 0 Å². The number of ether oxygens (including phenoxy) is 4. The van der Waals surface area contributed by atoms with Crippen LogP contribution in [0.1, 0.15) is 11.1 Å². The molecule has 2 rings (SSSR count). The van der Waals surface area contributed by atoms with Gasteiger partial charge in [-0.2, -0.15) is 0 Å². The summed E-state index contributed by atoms with van der Waals surface area (Å²) in [6.07, 6.45) is 4.97. The average molecular weight is 314 g/mol. The molecule has 23 heavy (non-hydrogen) atoms. The number of methoxy groups -OCH3 is 4. The summed E-state index contributed by atoms with van der Waals surface area (Å²) in [7, 11) is 6.49. The first-order valence-electron chi connectivity index (χ1n) is 7.31. The van der Waals surface area contributed by atoms with Gasteiger partial charge in [0.25, 0.3) is 0 Å². The van der Waals surface area contributed by atoms with E-state index in [9.17, 15) is 0 Å². The molecule has 0 saturated heterocycles. The molecule has 0 bridgehead atoms. The van der Waals surface area contributed by atoms with Crippen molar-refractivity contribution < 1.29 is 18.9 Å². The Bertz CT molecular complexity index is 635. The largest absolute Gasteiger partial charge is 0.497 e. The van der Waals surface area contributed by atoms with Gasteiger partial charge >= 0.3 is 0 Å². The van der Waals surface area contributed by atoms with E-state index >= 15 is 0 Å². The van der Waals surface area contributed by atoms with Crippen molar-refractivity contribution in [2.45, 2.75) is 6.42 Å². The molecular formula is C19H22O4. The van der Waals surface area contributed by atoms with Crippen molar-refractivity contribution in [1.82, 2.24) is 0 Å². The Morgan fingerprint density at radius 1 is 0.783 bits per heavy atom. The van der Waals surface area contributed by atoms with Crippen molar-refractivity contribution in [3.63, 3.8) is 0 Å². The van der Waals surface area contributed by atoms with E-state index < -0.39 is 0 Å². The molecule has 0 atom stereocenters. The highest BCUT2D eigenvalue weighted by Crippen LogP contribution is 2.38. The summed E-state index contributed by atoms with van der Waals surface area (Å²) in [6, 6.07) is 11.9. The Kier molecular flexibility index (Phi) is 5.92. The SMILES string of the molecule is COc1ccc(CC=Cc2cc(OC)c(OC)c(OC)c2)cc1. The molecule has 4 nitrogen and oxygen atoms in total. The number of allylic oxidation sites excluding steroid dienone is 1. The number of hydrogen-bond donors (Lipinski definition) is 0. The molecule has 0 saturated carbocycles. The quantitative estimate of drug-likeness (QED) is 0.775. The fourth-order valence-corrected chi connectivity index (χ4v) is 2.29. The Balaban J connectivity index is 2.15. The van der Waals surface area contributed by atoms with Crippen LogP contribution in [0.2, 0.25) is 0 Å². The van der Waals surface area contributed by atoms with Crippen LogP contribution < -0.4 is 18.9 Å². The molecule has 0 aliphatic rings. The van der Waals surface area contributed by atoms with E-state index in [-0.39, 0.29) is 0 Å². The van der Waals surface area contributed by atoms with Crippen molar-refractivity contribution in [1.29, 1.82) is 0 Å². The van der Waals surface area contributed by atoms with Crippen LogP contribution in [0.15, 0.2) is 42.5 Å². The minimum atomic E-state index is 0.599. The molecule has 0 N–H and O–H groups in total. The molecule has 0 radical (unpaired) electrons. The monoisotopic (exact) mass is 314 g/mol. The van der Waals surface area contributed by atoms with Gasteiger partial charge < -0.3 is 18.9 Å². The van der Waals surface area contributed by atoms with Gasteiger partial charge in [-0.05, 0) is 41.8 Å². The highest BCUT2D eigenvalue weighted by atomic mass is 16.5. The van der Waals surface area contributed by atoms with Gasteiger partial charge in [-0.15, -0.1) is 0 Å². The lowest BCUT2D eigenvalue weighted by atomic mass is 10.1. The number of benzene rings is 2. The zero-order valence-corrected chi connectivity index (χ0v) is 14.0. The lowest BCUT2D eigenvalue weighted by molar-refractivity contribution is 0.324. The van der Waals surface area contributed by atoms with Crippen LogP contribution in [0.3, 0.4) is 0 Å². The van der Waals surface area contributed by atoms with Gasteiger partial charge in [-0.1, -0.05) is 24.3 Å². The molecule has 0 heterocycles. The Labute approximate surface area is 137 Å². The molecule has 0 fully saturated rings. The van der Waals surface area contributed by atoms with Crippen molar-refractivity contribution in [2.75, 3.05) is 28.4 Å². The Hall–Kier alpha value is -2.62. The summed E-state index contributed by atoms with van der Waals surface area (Å²) in [4.78, 5) is 0. The minimum absolute atomic E-state index is 0.599. The van der Waals surface area contributed by atoms with E-state index in [2.05, 4.69) is 18.2 Å². The van der Waals surface area contributed by atoms with Gasteiger partial charge in [-0.25, -0.2) is 0 Å². The van der Waals surface area contributed by atoms with Gasteiger partial charge in [0.2, 0.25) is 5.75 Å². The molecular weight excluding hydrogens is 292 g/mol. The molecule has 0 spiro atoms. The summed E-state index contributed by atoms with van der Waals surface area (Å²) in [5, 5.41) is 0. The third-order valence-electron chi connectivity index (χ3n) is 3.51. The first-order valence-corrected chi connectivity index (χ1v) is 7.31. The summed E-state index contributed by atoms with van der Waals surface area (Å²) in [5.74, 6) is 2.76. The lowest BCUT2D eigenvalue weighted by Gasteiger charge is -2.12. The normalized spacial score (nSPS) is 10.6. The molecule has 0 aliphatic carbocycles. The van der Waals surface area contributed by atoms with Crippen LogP contribution in [0.5, 0.6) is 23.0 Å². The molecule has 0 aromatic heterocycles. The van der Waals surface area contributed by atoms with Crippen LogP contribution in [0.25, 0.3) is 6.08 Å². The maximum atomic E-state index is 5.36. The standard InChI is InChI=1S/C19H22O4/c1-20-16-10-8-14(9-11-16)6-5-7-15-12-17(21-2)19(23-4)18(13-15)22-3/h5,7-13H,6H2,1-4H3. The summed E-state index contributed by atoms with van der Waals surface area (Å²) in [6.45, 7) is 0. The molecule has 0 unspecified atom stereocenters. The summed E-state index contributed by atoms with van der Waals surface area (Å²) >= 11 is 0. The predicted octanol–water partition coefficient (Wildman–Crippen LogP) is 3.98. The summed E-state index contributed by atoms with van der Waals surface area (Å²) in [5.41, 5.74) is 2.21. The third-order valence-corrected chi connectivity index (χ3v) is 3.51. The minimum Gasteiger partial charge on any atom is -0.497 e. The van der Waals surface area contributed by atoms with E-state index in [0.717, 1.165) is 17.7 Å². The fourth-order valence-electron chi connectivity index (χ4n) is 2.29. The zero-order valence-electron chi connectivity index (χ0n) is 14.0. The first kappa shape index (κ1) is 16.7. The van der Waals surface area contributed by atoms with Crippen LogP contribution in [-0.2, 0) is 6.42 Å². The number of rotatable bonds is 7. The second-order valence-corrected chi connectivity index (χ2v) is 4.91. The first-order chi connectivity index (χ1) is 11.2. The van der Waals surface area contributed by atoms with E-state index in [1.807, 2.05) is 30.3 Å². The van der Waals surface area contributed by atoms with Crippen LogP contribution in [0, 0.1) is 0 Å². The maximum absolute atomic E-state index is 5.36. The maximum Gasteiger partial charge on any atom is 0.203 e. The van der Waals surface area contributed by atoms with Gasteiger partial charge in [0.15, 0.2) is 11.5 Å². The Morgan fingerprint density at radius 3 is 1.87 bits per heavy atom.